The first kappa shape index (κ1) is 13.1. The predicted molar refractivity (Wildman–Crippen MR) is 64.6 cm³/mol. The third kappa shape index (κ3) is 4.27. The van der Waals surface area contributed by atoms with Crippen LogP contribution in [-0.4, -0.2) is 11.0 Å². The van der Waals surface area contributed by atoms with Crippen LogP contribution in [0.3, 0.4) is 0 Å². The van der Waals surface area contributed by atoms with Crippen LogP contribution < -0.4 is 5.32 Å². The molecule has 1 aromatic rings. The lowest BCUT2D eigenvalue weighted by molar-refractivity contribution is 0.434. The summed E-state index contributed by atoms with van der Waals surface area (Å²) in [5.41, 5.74) is 0.514. The molecule has 0 aliphatic carbocycles. The molecule has 90 valence electrons. The monoisotopic (exact) mass is 224 g/mol. The number of halogens is 1. The molecule has 1 rings (SSSR count). The molecule has 0 saturated carbocycles. The largest absolute Gasteiger partial charge is 0.308 e. The first-order chi connectivity index (χ1) is 7.77. The SMILES string of the molecule is CCCC(CCC)NCc1ncccc1F. The minimum Gasteiger partial charge on any atom is -0.308 e. The van der Waals surface area contributed by atoms with Gasteiger partial charge in [0.05, 0.1) is 5.69 Å². The molecule has 1 aromatic heterocycles. The lowest BCUT2D eigenvalue weighted by Gasteiger charge is -2.17. The number of rotatable bonds is 7. The molecule has 1 heterocycles. The summed E-state index contributed by atoms with van der Waals surface area (Å²) in [6.07, 6.45) is 6.23. The van der Waals surface area contributed by atoms with Crippen molar-refractivity contribution in [3.8, 4) is 0 Å². The Morgan fingerprint density at radius 1 is 1.31 bits per heavy atom. The highest BCUT2D eigenvalue weighted by atomic mass is 19.1. The fourth-order valence-corrected chi connectivity index (χ4v) is 1.83. The van der Waals surface area contributed by atoms with Gasteiger partial charge < -0.3 is 5.32 Å². The smallest absolute Gasteiger partial charge is 0.146 e. The molecule has 0 unspecified atom stereocenters. The number of aromatic nitrogens is 1. The molecule has 0 amide bonds. The van der Waals surface area contributed by atoms with Gasteiger partial charge in [-0.15, -0.1) is 0 Å². The van der Waals surface area contributed by atoms with E-state index in [0.29, 0.717) is 18.3 Å². The summed E-state index contributed by atoms with van der Waals surface area (Å²) in [6, 6.07) is 3.56. The van der Waals surface area contributed by atoms with E-state index in [-0.39, 0.29) is 5.82 Å². The van der Waals surface area contributed by atoms with Crippen molar-refractivity contribution in [3.05, 3.63) is 29.8 Å². The molecule has 1 N–H and O–H groups in total. The zero-order chi connectivity index (χ0) is 11.8. The Morgan fingerprint density at radius 2 is 2.00 bits per heavy atom. The molecule has 3 heteroatoms. The molecule has 2 nitrogen and oxygen atoms in total. The van der Waals surface area contributed by atoms with E-state index < -0.39 is 0 Å². The second-order valence-corrected chi connectivity index (χ2v) is 4.09. The average Bonchev–Trinajstić information content (AvgIpc) is 2.28. The number of hydrogen-bond acceptors (Lipinski definition) is 2. The Bertz CT molecular complexity index is 296. The summed E-state index contributed by atoms with van der Waals surface area (Å²) in [5, 5.41) is 3.38. The molecule has 0 aliphatic rings. The van der Waals surface area contributed by atoms with E-state index >= 15 is 0 Å². The normalized spacial score (nSPS) is 11.0. The van der Waals surface area contributed by atoms with Crippen LogP contribution in [-0.2, 0) is 6.54 Å². The van der Waals surface area contributed by atoms with Gasteiger partial charge in [0.1, 0.15) is 5.82 Å². The van der Waals surface area contributed by atoms with Crippen molar-refractivity contribution in [3.63, 3.8) is 0 Å². The third-order valence-corrected chi connectivity index (χ3v) is 2.67. The van der Waals surface area contributed by atoms with Crippen molar-refractivity contribution in [2.24, 2.45) is 0 Å². The molecule has 0 aliphatic heterocycles. The van der Waals surface area contributed by atoms with Gasteiger partial charge in [0.25, 0.3) is 0 Å². The van der Waals surface area contributed by atoms with Crippen LogP contribution in [0, 0.1) is 5.82 Å². The van der Waals surface area contributed by atoms with Crippen LogP contribution in [0.5, 0.6) is 0 Å². The van der Waals surface area contributed by atoms with E-state index in [2.05, 4.69) is 24.1 Å². The number of nitrogens with zero attached hydrogens (tertiary/aromatic N) is 1. The zero-order valence-corrected chi connectivity index (χ0v) is 10.2. The van der Waals surface area contributed by atoms with Gasteiger partial charge in [-0.1, -0.05) is 26.7 Å². The number of pyridine rings is 1. The predicted octanol–water partition coefficient (Wildman–Crippen LogP) is 3.28. The maximum atomic E-state index is 13.3. The van der Waals surface area contributed by atoms with Gasteiger partial charge in [-0.25, -0.2) is 4.39 Å². The Balaban J connectivity index is 2.45. The lowest BCUT2D eigenvalue weighted by Crippen LogP contribution is -2.29. The first-order valence-electron chi connectivity index (χ1n) is 6.10. The van der Waals surface area contributed by atoms with E-state index in [1.165, 1.54) is 6.07 Å². The summed E-state index contributed by atoms with van der Waals surface area (Å²) in [5.74, 6) is -0.221. The van der Waals surface area contributed by atoms with E-state index in [1.807, 2.05) is 0 Å². The van der Waals surface area contributed by atoms with E-state index in [4.69, 9.17) is 0 Å². The Morgan fingerprint density at radius 3 is 2.56 bits per heavy atom. The van der Waals surface area contributed by atoms with E-state index in [9.17, 15) is 4.39 Å². The van der Waals surface area contributed by atoms with Crippen LogP contribution in [0.1, 0.15) is 45.2 Å². The first-order valence-corrected chi connectivity index (χ1v) is 6.10. The summed E-state index contributed by atoms with van der Waals surface area (Å²) >= 11 is 0. The maximum Gasteiger partial charge on any atom is 0.146 e. The molecule has 16 heavy (non-hydrogen) atoms. The quantitative estimate of drug-likeness (QED) is 0.768. The highest BCUT2D eigenvalue weighted by Crippen LogP contribution is 2.07. The van der Waals surface area contributed by atoms with Gasteiger partial charge >= 0.3 is 0 Å². The summed E-state index contributed by atoms with van der Waals surface area (Å²) in [7, 11) is 0. The summed E-state index contributed by atoms with van der Waals surface area (Å²) < 4.78 is 13.3. The Kier molecular flexibility index (Phi) is 6.01. The zero-order valence-electron chi connectivity index (χ0n) is 10.2. The molecular weight excluding hydrogens is 203 g/mol. The molecular formula is C13H21FN2. The van der Waals surface area contributed by atoms with Crippen molar-refractivity contribution in [1.29, 1.82) is 0 Å². The summed E-state index contributed by atoms with van der Waals surface area (Å²) in [4.78, 5) is 4.03. The van der Waals surface area contributed by atoms with E-state index in [0.717, 1.165) is 25.7 Å². The highest BCUT2D eigenvalue weighted by molar-refractivity contribution is 5.06. The Labute approximate surface area is 97.3 Å². The molecule has 0 bridgehead atoms. The van der Waals surface area contributed by atoms with Gasteiger partial charge in [0, 0.05) is 18.8 Å². The number of hydrogen-bond donors (Lipinski definition) is 1. The molecule has 0 aromatic carbocycles. The minimum absolute atomic E-state index is 0.221. The van der Waals surface area contributed by atoms with Gasteiger partial charge in [-0.3, -0.25) is 4.98 Å². The fraction of sp³-hybridized carbons (Fsp3) is 0.615. The Hall–Kier alpha value is -0.960. The van der Waals surface area contributed by atoms with Gasteiger partial charge in [0.2, 0.25) is 0 Å². The van der Waals surface area contributed by atoms with E-state index in [1.54, 1.807) is 12.3 Å². The topological polar surface area (TPSA) is 24.9 Å². The lowest BCUT2D eigenvalue weighted by atomic mass is 10.1. The van der Waals surface area contributed by atoms with Gasteiger partial charge in [-0.05, 0) is 25.0 Å². The van der Waals surface area contributed by atoms with Crippen molar-refractivity contribution < 1.29 is 4.39 Å². The molecule has 0 saturated heterocycles. The molecule has 0 atom stereocenters. The molecule has 0 radical (unpaired) electrons. The van der Waals surface area contributed by atoms with Gasteiger partial charge in [0.15, 0.2) is 0 Å². The van der Waals surface area contributed by atoms with Crippen LogP contribution in [0.4, 0.5) is 4.39 Å². The van der Waals surface area contributed by atoms with Crippen molar-refractivity contribution in [2.75, 3.05) is 0 Å². The average molecular weight is 224 g/mol. The minimum atomic E-state index is -0.221. The standard InChI is InChI=1S/C13H21FN2/c1-3-6-11(7-4-2)16-10-13-12(14)8-5-9-15-13/h5,8-9,11,16H,3-4,6-7,10H2,1-2H3. The summed E-state index contributed by atoms with van der Waals surface area (Å²) in [6.45, 7) is 4.87. The van der Waals surface area contributed by atoms with Crippen molar-refractivity contribution >= 4 is 0 Å². The maximum absolute atomic E-state index is 13.3. The van der Waals surface area contributed by atoms with Crippen LogP contribution in [0.15, 0.2) is 18.3 Å². The second-order valence-electron chi connectivity index (χ2n) is 4.09. The van der Waals surface area contributed by atoms with Crippen LogP contribution >= 0.6 is 0 Å². The molecule has 0 fully saturated rings. The second kappa shape index (κ2) is 7.34. The fourth-order valence-electron chi connectivity index (χ4n) is 1.83. The highest BCUT2D eigenvalue weighted by Gasteiger charge is 2.08. The number of nitrogens with one attached hydrogen (secondary N) is 1. The van der Waals surface area contributed by atoms with Crippen LogP contribution in [0.2, 0.25) is 0 Å². The van der Waals surface area contributed by atoms with Crippen molar-refractivity contribution in [2.45, 2.75) is 52.1 Å². The molecule has 0 spiro atoms. The third-order valence-electron chi connectivity index (χ3n) is 2.67. The van der Waals surface area contributed by atoms with Gasteiger partial charge in [-0.2, -0.15) is 0 Å². The van der Waals surface area contributed by atoms with Crippen molar-refractivity contribution in [1.82, 2.24) is 10.3 Å². The van der Waals surface area contributed by atoms with Crippen LogP contribution in [0.25, 0.3) is 0 Å².